The summed E-state index contributed by atoms with van der Waals surface area (Å²) >= 11 is 1.78. The van der Waals surface area contributed by atoms with Crippen LogP contribution in [0.25, 0.3) is 0 Å². The van der Waals surface area contributed by atoms with Gasteiger partial charge in [-0.15, -0.1) is 0 Å². The molecule has 3 heteroatoms. The fourth-order valence-corrected chi connectivity index (χ4v) is 4.17. The highest BCUT2D eigenvalue weighted by atomic mass is 32.2. The number of carbonyl (C=O) groups excluding carboxylic acids is 1. The van der Waals surface area contributed by atoms with E-state index in [2.05, 4.69) is 39.3 Å². The van der Waals surface area contributed by atoms with Crippen LogP contribution >= 0.6 is 11.8 Å². The molecule has 0 heterocycles. The predicted octanol–water partition coefficient (Wildman–Crippen LogP) is 3.71. The molecular formula is C15H29NOS. The van der Waals surface area contributed by atoms with Crippen LogP contribution in [0.5, 0.6) is 0 Å². The summed E-state index contributed by atoms with van der Waals surface area (Å²) in [6.07, 6.45) is 6.50. The SMILES string of the molecule is CSC[C@H](C)NC(=O)C[C@H]1C[C@H](C)CC(C)(C)C1. The molecule has 0 aromatic rings. The van der Waals surface area contributed by atoms with Crippen molar-refractivity contribution in [1.29, 1.82) is 0 Å². The molecule has 1 amide bonds. The van der Waals surface area contributed by atoms with Gasteiger partial charge in [0.2, 0.25) is 5.91 Å². The van der Waals surface area contributed by atoms with E-state index in [9.17, 15) is 4.79 Å². The molecule has 106 valence electrons. The second-order valence-electron chi connectivity index (χ2n) is 6.91. The summed E-state index contributed by atoms with van der Waals surface area (Å²) < 4.78 is 0. The lowest BCUT2D eigenvalue weighted by Gasteiger charge is -2.38. The van der Waals surface area contributed by atoms with Crippen molar-refractivity contribution in [2.24, 2.45) is 17.3 Å². The average molecular weight is 271 g/mol. The highest BCUT2D eigenvalue weighted by Gasteiger charge is 2.32. The zero-order valence-corrected chi connectivity index (χ0v) is 13.4. The maximum absolute atomic E-state index is 12.0. The van der Waals surface area contributed by atoms with E-state index >= 15 is 0 Å². The number of amides is 1. The quantitative estimate of drug-likeness (QED) is 0.826. The summed E-state index contributed by atoms with van der Waals surface area (Å²) in [7, 11) is 0. The van der Waals surface area contributed by atoms with Crippen LogP contribution in [0.2, 0.25) is 0 Å². The van der Waals surface area contributed by atoms with Gasteiger partial charge in [0, 0.05) is 18.2 Å². The molecule has 1 N–H and O–H groups in total. The van der Waals surface area contributed by atoms with Crippen molar-refractivity contribution in [2.75, 3.05) is 12.0 Å². The first kappa shape index (κ1) is 15.9. The third-order valence-electron chi connectivity index (χ3n) is 3.78. The summed E-state index contributed by atoms with van der Waals surface area (Å²) in [5, 5.41) is 3.11. The first-order valence-electron chi connectivity index (χ1n) is 7.10. The Labute approximate surface area is 117 Å². The lowest BCUT2D eigenvalue weighted by molar-refractivity contribution is -0.123. The summed E-state index contributed by atoms with van der Waals surface area (Å²) in [5.74, 6) is 2.57. The molecule has 1 aliphatic carbocycles. The van der Waals surface area contributed by atoms with Crippen LogP contribution in [0.4, 0.5) is 0 Å². The fraction of sp³-hybridized carbons (Fsp3) is 0.933. The molecule has 1 aliphatic rings. The van der Waals surface area contributed by atoms with E-state index < -0.39 is 0 Å². The molecule has 0 radical (unpaired) electrons. The van der Waals surface area contributed by atoms with Gasteiger partial charge in [0.25, 0.3) is 0 Å². The lowest BCUT2D eigenvalue weighted by Crippen LogP contribution is -2.37. The van der Waals surface area contributed by atoms with Crippen molar-refractivity contribution in [1.82, 2.24) is 5.32 Å². The van der Waals surface area contributed by atoms with Gasteiger partial charge in [-0.3, -0.25) is 4.79 Å². The van der Waals surface area contributed by atoms with Gasteiger partial charge in [-0.1, -0.05) is 20.8 Å². The van der Waals surface area contributed by atoms with Crippen LogP contribution in [0, 0.1) is 17.3 Å². The van der Waals surface area contributed by atoms with Crippen LogP contribution in [0.3, 0.4) is 0 Å². The van der Waals surface area contributed by atoms with E-state index in [-0.39, 0.29) is 5.91 Å². The van der Waals surface area contributed by atoms with Crippen LogP contribution in [-0.4, -0.2) is 24.0 Å². The minimum Gasteiger partial charge on any atom is -0.353 e. The van der Waals surface area contributed by atoms with E-state index in [1.54, 1.807) is 11.8 Å². The van der Waals surface area contributed by atoms with Crippen molar-refractivity contribution in [2.45, 2.75) is 59.4 Å². The number of nitrogens with one attached hydrogen (secondary N) is 1. The first-order valence-corrected chi connectivity index (χ1v) is 8.50. The number of thioether (sulfide) groups is 1. The molecule has 0 aromatic carbocycles. The third-order valence-corrected chi connectivity index (χ3v) is 4.61. The Hall–Kier alpha value is -0.180. The summed E-state index contributed by atoms with van der Waals surface area (Å²) in [5.41, 5.74) is 0.410. The Morgan fingerprint density at radius 2 is 2.11 bits per heavy atom. The zero-order valence-electron chi connectivity index (χ0n) is 12.6. The largest absolute Gasteiger partial charge is 0.353 e. The van der Waals surface area contributed by atoms with Crippen LogP contribution in [0.1, 0.15) is 53.4 Å². The molecular weight excluding hydrogens is 242 g/mol. The molecule has 1 fully saturated rings. The minimum atomic E-state index is 0.242. The smallest absolute Gasteiger partial charge is 0.220 e. The molecule has 1 saturated carbocycles. The predicted molar refractivity (Wildman–Crippen MR) is 80.9 cm³/mol. The average Bonchev–Trinajstić information content (AvgIpc) is 2.12. The van der Waals surface area contributed by atoms with Gasteiger partial charge in [-0.25, -0.2) is 0 Å². The van der Waals surface area contributed by atoms with E-state index in [1.165, 1.54) is 19.3 Å². The van der Waals surface area contributed by atoms with Crippen molar-refractivity contribution < 1.29 is 4.79 Å². The number of rotatable bonds is 5. The molecule has 18 heavy (non-hydrogen) atoms. The van der Waals surface area contributed by atoms with Crippen molar-refractivity contribution in [3.63, 3.8) is 0 Å². The number of hydrogen-bond donors (Lipinski definition) is 1. The minimum absolute atomic E-state index is 0.242. The highest BCUT2D eigenvalue weighted by molar-refractivity contribution is 7.98. The fourth-order valence-electron chi connectivity index (χ4n) is 3.59. The Kier molecular flexibility index (Phi) is 6.03. The highest BCUT2D eigenvalue weighted by Crippen LogP contribution is 2.42. The Bertz CT molecular complexity index is 278. The topological polar surface area (TPSA) is 29.1 Å². The molecule has 0 aromatic heterocycles. The van der Waals surface area contributed by atoms with Crippen molar-refractivity contribution in [3.8, 4) is 0 Å². The van der Waals surface area contributed by atoms with Crippen molar-refractivity contribution >= 4 is 17.7 Å². The van der Waals surface area contributed by atoms with Gasteiger partial charge in [0.1, 0.15) is 0 Å². The number of hydrogen-bond acceptors (Lipinski definition) is 2. The molecule has 0 bridgehead atoms. The second-order valence-corrected chi connectivity index (χ2v) is 7.82. The van der Waals surface area contributed by atoms with Crippen LogP contribution in [0.15, 0.2) is 0 Å². The monoisotopic (exact) mass is 271 g/mol. The van der Waals surface area contributed by atoms with E-state index in [4.69, 9.17) is 0 Å². The summed E-state index contributed by atoms with van der Waals surface area (Å²) in [4.78, 5) is 12.0. The second kappa shape index (κ2) is 6.83. The Balaban J connectivity index is 2.39. The lowest BCUT2D eigenvalue weighted by atomic mass is 9.67. The Morgan fingerprint density at radius 3 is 2.67 bits per heavy atom. The van der Waals surface area contributed by atoms with Crippen LogP contribution in [-0.2, 0) is 4.79 Å². The molecule has 1 rings (SSSR count). The zero-order chi connectivity index (χ0) is 13.8. The molecule has 2 nitrogen and oxygen atoms in total. The van der Waals surface area contributed by atoms with Crippen molar-refractivity contribution in [3.05, 3.63) is 0 Å². The van der Waals surface area contributed by atoms with Gasteiger partial charge in [-0.05, 0) is 49.7 Å². The third kappa shape index (κ3) is 5.64. The molecule has 0 aliphatic heterocycles. The number of carbonyl (C=O) groups is 1. The maximum atomic E-state index is 12.0. The van der Waals surface area contributed by atoms with Crippen LogP contribution < -0.4 is 5.32 Å². The van der Waals surface area contributed by atoms with Gasteiger partial charge in [0.05, 0.1) is 0 Å². The van der Waals surface area contributed by atoms with E-state index in [0.29, 0.717) is 23.8 Å². The summed E-state index contributed by atoms with van der Waals surface area (Å²) in [6, 6.07) is 0.293. The van der Waals surface area contributed by atoms with Gasteiger partial charge >= 0.3 is 0 Å². The normalized spacial score (nSPS) is 28.7. The molecule has 0 saturated heterocycles. The molecule has 0 spiro atoms. The van der Waals surface area contributed by atoms with E-state index in [0.717, 1.165) is 11.7 Å². The van der Waals surface area contributed by atoms with E-state index in [1.807, 2.05) is 0 Å². The summed E-state index contributed by atoms with van der Waals surface area (Å²) in [6.45, 7) is 9.08. The molecule has 3 atom stereocenters. The first-order chi connectivity index (χ1) is 8.32. The molecule has 0 unspecified atom stereocenters. The standard InChI is InChI=1S/C15H29NOS/c1-11-6-13(9-15(3,4)8-11)7-14(17)16-12(2)10-18-5/h11-13H,6-10H2,1-5H3,(H,16,17)/t11-,12-,13+/m0/s1. The van der Waals surface area contributed by atoms with Gasteiger partial charge in [-0.2, -0.15) is 11.8 Å². The van der Waals surface area contributed by atoms with Gasteiger partial charge in [0.15, 0.2) is 0 Å². The Morgan fingerprint density at radius 1 is 1.44 bits per heavy atom. The van der Waals surface area contributed by atoms with Gasteiger partial charge < -0.3 is 5.32 Å². The maximum Gasteiger partial charge on any atom is 0.220 e.